The average Bonchev–Trinajstić information content (AvgIpc) is 2.47. The second kappa shape index (κ2) is 6.62. The SMILES string of the molecule is C[C@@H]1CCC2=C(CCCC2(C)C)[C@@]1(C)CC/C(C=O)=C\C(=O)O. The van der Waals surface area contributed by atoms with Crippen LogP contribution in [0.4, 0.5) is 0 Å². The van der Waals surface area contributed by atoms with Gasteiger partial charge >= 0.3 is 5.97 Å². The molecule has 0 spiro atoms. The van der Waals surface area contributed by atoms with Crippen LogP contribution in [0.1, 0.15) is 72.6 Å². The Morgan fingerprint density at radius 2 is 1.96 bits per heavy atom. The van der Waals surface area contributed by atoms with Gasteiger partial charge in [0.05, 0.1) is 0 Å². The maximum absolute atomic E-state index is 11.1. The van der Waals surface area contributed by atoms with Crippen molar-refractivity contribution in [2.24, 2.45) is 16.7 Å². The van der Waals surface area contributed by atoms with Crippen LogP contribution >= 0.6 is 0 Å². The lowest BCUT2D eigenvalue weighted by Crippen LogP contribution is -2.37. The Morgan fingerprint density at radius 1 is 1.26 bits per heavy atom. The summed E-state index contributed by atoms with van der Waals surface area (Å²) >= 11 is 0. The zero-order chi connectivity index (χ0) is 17.3. The first-order valence-electron chi connectivity index (χ1n) is 8.82. The first-order chi connectivity index (χ1) is 10.7. The fraction of sp³-hybridized carbons (Fsp3) is 0.700. The molecule has 0 heterocycles. The van der Waals surface area contributed by atoms with E-state index in [0.29, 0.717) is 29.6 Å². The third-order valence-corrected chi connectivity index (χ3v) is 6.41. The van der Waals surface area contributed by atoms with E-state index in [4.69, 9.17) is 5.11 Å². The molecule has 0 saturated carbocycles. The van der Waals surface area contributed by atoms with E-state index >= 15 is 0 Å². The summed E-state index contributed by atoms with van der Waals surface area (Å²) in [6.45, 7) is 9.36. The summed E-state index contributed by atoms with van der Waals surface area (Å²) in [5.74, 6) is -0.458. The van der Waals surface area contributed by atoms with Crippen molar-refractivity contribution in [2.45, 2.75) is 72.6 Å². The van der Waals surface area contributed by atoms with E-state index in [2.05, 4.69) is 27.7 Å². The second-order valence-corrected chi connectivity index (χ2v) is 8.23. The van der Waals surface area contributed by atoms with Crippen molar-refractivity contribution in [3.8, 4) is 0 Å². The van der Waals surface area contributed by atoms with Gasteiger partial charge in [0.2, 0.25) is 0 Å². The molecule has 0 unspecified atom stereocenters. The maximum Gasteiger partial charge on any atom is 0.328 e. The lowest BCUT2D eigenvalue weighted by molar-refractivity contribution is -0.131. The van der Waals surface area contributed by atoms with Gasteiger partial charge in [-0.2, -0.15) is 0 Å². The monoisotopic (exact) mass is 318 g/mol. The van der Waals surface area contributed by atoms with E-state index < -0.39 is 5.97 Å². The van der Waals surface area contributed by atoms with Crippen LogP contribution < -0.4 is 0 Å². The number of aliphatic carboxylic acids is 1. The molecule has 3 heteroatoms. The van der Waals surface area contributed by atoms with Crippen molar-refractivity contribution >= 4 is 12.3 Å². The second-order valence-electron chi connectivity index (χ2n) is 8.23. The van der Waals surface area contributed by atoms with E-state index in [1.54, 1.807) is 11.1 Å². The molecule has 0 amide bonds. The summed E-state index contributed by atoms with van der Waals surface area (Å²) < 4.78 is 0. The van der Waals surface area contributed by atoms with Gasteiger partial charge in [-0.3, -0.25) is 4.79 Å². The molecule has 0 saturated heterocycles. The topological polar surface area (TPSA) is 54.4 Å². The molecule has 23 heavy (non-hydrogen) atoms. The lowest BCUT2D eigenvalue weighted by atomic mass is 9.55. The van der Waals surface area contributed by atoms with Gasteiger partial charge in [0.1, 0.15) is 6.29 Å². The van der Waals surface area contributed by atoms with Crippen LogP contribution in [-0.2, 0) is 9.59 Å². The number of hydrogen-bond donors (Lipinski definition) is 1. The van der Waals surface area contributed by atoms with Gasteiger partial charge in [-0.25, -0.2) is 4.79 Å². The van der Waals surface area contributed by atoms with Gasteiger partial charge in [0.25, 0.3) is 0 Å². The Labute approximate surface area is 139 Å². The summed E-state index contributed by atoms with van der Waals surface area (Å²) in [5, 5.41) is 8.88. The van der Waals surface area contributed by atoms with Crippen LogP contribution in [0.3, 0.4) is 0 Å². The Balaban J connectivity index is 2.30. The summed E-state index contributed by atoms with van der Waals surface area (Å²) in [6, 6.07) is 0. The van der Waals surface area contributed by atoms with Gasteiger partial charge in [-0.05, 0) is 67.3 Å². The molecule has 2 aliphatic rings. The Hall–Kier alpha value is -1.38. The van der Waals surface area contributed by atoms with E-state index in [9.17, 15) is 9.59 Å². The van der Waals surface area contributed by atoms with Crippen molar-refractivity contribution in [1.29, 1.82) is 0 Å². The molecule has 3 nitrogen and oxygen atoms in total. The summed E-state index contributed by atoms with van der Waals surface area (Å²) in [5.41, 5.74) is 4.02. The van der Waals surface area contributed by atoms with E-state index in [1.165, 1.54) is 32.1 Å². The highest BCUT2D eigenvalue weighted by Crippen LogP contribution is 2.56. The Kier molecular flexibility index (Phi) is 5.17. The molecular weight excluding hydrogens is 288 g/mol. The van der Waals surface area contributed by atoms with Crippen molar-refractivity contribution in [2.75, 3.05) is 0 Å². The Morgan fingerprint density at radius 3 is 2.57 bits per heavy atom. The summed E-state index contributed by atoms with van der Waals surface area (Å²) in [7, 11) is 0. The molecule has 1 N–H and O–H groups in total. The number of carbonyl (C=O) groups excluding carboxylic acids is 1. The fourth-order valence-corrected chi connectivity index (χ4v) is 4.64. The lowest BCUT2D eigenvalue weighted by Gasteiger charge is -2.50. The summed E-state index contributed by atoms with van der Waals surface area (Å²) in [4.78, 5) is 22.0. The minimum atomic E-state index is -1.03. The summed E-state index contributed by atoms with van der Waals surface area (Å²) in [6.07, 6.45) is 9.22. The predicted molar refractivity (Wildman–Crippen MR) is 92.2 cm³/mol. The molecule has 0 radical (unpaired) electrons. The van der Waals surface area contributed by atoms with Crippen LogP contribution in [0.2, 0.25) is 0 Å². The number of carboxylic acid groups (broad SMARTS) is 1. The third-order valence-electron chi connectivity index (χ3n) is 6.41. The van der Waals surface area contributed by atoms with Crippen LogP contribution in [-0.4, -0.2) is 17.4 Å². The molecule has 0 aromatic rings. The van der Waals surface area contributed by atoms with Gasteiger partial charge in [-0.1, -0.05) is 38.8 Å². The molecular formula is C20H30O3. The maximum atomic E-state index is 11.1. The van der Waals surface area contributed by atoms with Crippen LogP contribution in [0.25, 0.3) is 0 Å². The standard InChI is InChI=1S/C20H30O3/c1-14-7-8-16-17(6-5-10-19(16,2)3)20(14,4)11-9-15(13-21)12-18(22)23/h12-14H,5-11H2,1-4H3,(H,22,23)/b15-12+/t14-,20+/m1/s1. The van der Waals surface area contributed by atoms with E-state index in [0.717, 1.165) is 12.5 Å². The van der Waals surface area contributed by atoms with Crippen molar-refractivity contribution in [3.63, 3.8) is 0 Å². The highest BCUT2D eigenvalue weighted by Gasteiger charge is 2.44. The van der Waals surface area contributed by atoms with E-state index in [1.807, 2.05) is 0 Å². The fourth-order valence-electron chi connectivity index (χ4n) is 4.64. The molecule has 0 aliphatic heterocycles. The minimum Gasteiger partial charge on any atom is -0.478 e. The zero-order valence-electron chi connectivity index (χ0n) is 14.9. The molecule has 0 aromatic carbocycles. The molecule has 2 atom stereocenters. The van der Waals surface area contributed by atoms with Gasteiger partial charge in [-0.15, -0.1) is 0 Å². The van der Waals surface area contributed by atoms with Crippen molar-refractivity contribution < 1.29 is 14.7 Å². The first kappa shape index (κ1) is 18.0. The van der Waals surface area contributed by atoms with Crippen LogP contribution in [0.15, 0.2) is 22.8 Å². The van der Waals surface area contributed by atoms with Crippen LogP contribution in [0, 0.1) is 16.7 Å². The normalized spacial score (nSPS) is 30.8. The molecule has 2 rings (SSSR count). The highest BCUT2D eigenvalue weighted by molar-refractivity contribution is 5.88. The number of rotatable bonds is 5. The number of carboxylic acids is 1. The molecule has 2 aliphatic carbocycles. The Bertz CT molecular complexity index is 553. The van der Waals surface area contributed by atoms with Gasteiger partial charge in [0, 0.05) is 6.08 Å². The number of allylic oxidation sites excluding steroid dienone is 3. The van der Waals surface area contributed by atoms with Crippen LogP contribution in [0.5, 0.6) is 0 Å². The predicted octanol–water partition coefficient (Wildman–Crippen LogP) is 4.92. The quantitative estimate of drug-likeness (QED) is 0.445. The largest absolute Gasteiger partial charge is 0.478 e. The third kappa shape index (κ3) is 3.59. The molecule has 0 bridgehead atoms. The van der Waals surface area contributed by atoms with Gasteiger partial charge < -0.3 is 5.11 Å². The first-order valence-corrected chi connectivity index (χ1v) is 8.82. The van der Waals surface area contributed by atoms with E-state index in [-0.39, 0.29) is 5.41 Å². The molecule has 0 fully saturated rings. The number of aldehydes is 1. The number of hydrogen-bond acceptors (Lipinski definition) is 2. The molecule has 128 valence electrons. The highest BCUT2D eigenvalue weighted by atomic mass is 16.4. The van der Waals surface area contributed by atoms with Crippen molar-refractivity contribution in [3.05, 3.63) is 22.8 Å². The smallest absolute Gasteiger partial charge is 0.328 e. The molecule has 0 aromatic heterocycles. The zero-order valence-corrected chi connectivity index (χ0v) is 14.9. The minimum absolute atomic E-state index is 0.0892. The number of carbonyl (C=O) groups is 2. The average molecular weight is 318 g/mol. The van der Waals surface area contributed by atoms with Gasteiger partial charge in [0.15, 0.2) is 0 Å². The van der Waals surface area contributed by atoms with Crippen molar-refractivity contribution in [1.82, 2.24) is 0 Å².